The highest BCUT2D eigenvalue weighted by Crippen LogP contribution is 2.19. The lowest BCUT2D eigenvalue weighted by atomic mass is 10.0. The van der Waals surface area contributed by atoms with Crippen LogP contribution in [0.3, 0.4) is 0 Å². The number of hydrogen-bond acceptors (Lipinski definition) is 5. The molecule has 0 aliphatic carbocycles. The van der Waals surface area contributed by atoms with Crippen LogP contribution in [0.5, 0.6) is 0 Å². The van der Waals surface area contributed by atoms with Gasteiger partial charge in [0.05, 0.1) is 0 Å². The van der Waals surface area contributed by atoms with Crippen LogP contribution in [-0.2, 0) is 4.74 Å². The number of hydrogen-bond donors (Lipinski definition) is 1. The minimum Gasteiger partial charge on any atom is -0.455 e. The normalized spacial score (nSPS) is 18.4. The summed E-state index contributed by atoms with van der Waals surface area (Å²) in [7, 11) is 0. The van der Waals surface area contributed by atoms with Crippen LogP contribution < -0.4 is 10.2 Å². The first kappa shape index (κ1) is 15.8. The molecule has 2 rings (SSSR count). The third kappa shape index (κ3) is 4.43. The predicted octanol–water partition coefficient (Wildman–Crippen LogP) is 2.23. The maximum absolute atomic E-state index is 12.1. The Kier molecular flexibility index (Phi) is 4.23. The number of piperazine rings is 1. The van der Waals surface area contributed by atoms with E-state index in [9.17, 15) is 4.79 Å². The molecule has 0 unspecified atom stereocenters. The van der Waals surface area contributed by atoms with Crippen molar-refractivity contribution in [2.45, 2.75) is 45.8 Å². The molecule has 1 aromatic heterocycles. The zero-order valence-electron chi connectivity index (χ0n) is 13.6. The molecule has 0 saturated carbocycles. The van der Waals surface area contributed by atoms with Crippen molar-refractivity contribution in [3.8, 4) is 0 Å². The molecule has 0 atom stereocenters. The van der Waals surface area contributed by atoms with Gasteiger partial charge in [-0.05, 0) is 46.8 Å². The number of ether oxygens (including phenoxy) is 1. The largest absolute Gasteiger partial charge is 0.455 e. The van der Waals surface area contributed by atoms with E-state index in [2.05, 4.69) is 29.0 Å². The van der Waals surface area contributed by atoms with Crippen molar-refractivity contribution in [3.63, 3.8) is 0 Å². The Morgan fingerprint density at radius 1 is 1.38 bits per heavy atom. The lowest BCUT2D eigenvalue weighted by molar-refractivity contribution is 0.00629. The maximum Gasteiger partial charge on any atom is 0.357 e. The lowest BCUT2D eigenvalue weighted by Crippen LogP contribution is -2.57. The Morgan fingerprint density at radius 3 is 2.71 bits per heavy atom. The lowest BCUT2D eigenvalue weighted by Gasteiger charge is -2.39. The van der Waals surface area contributed by atoms with Gasteiger partial charge in [0.1, 0.15) is 11.4 Å². The monoisotopic (exact) mass is 291 g/mol. The highest BCUT2D eigenvalue weighted by Gasteiger charge is 2.27. The van der Waals surface area contributed by atoms with Crippen LogP contribution in [0.15, 0.2) is 18.2 Å². The third-order valence-corrected chi connectivity index (χ3v) is 3.24. The van der Waals surface area contributed by atoms with Crippen LogP contribution in [0.1, 0.15) is 45.1 Å². The van der Waals surface area contributed by atoms with E-state index in [1.165, 1.54) is 0 Å². The van der Waals surface area contributed by atoms with Crippen LogP contribution >= 0.6 is 0 Å². The Hall–Kier alpha value is -1.62. The minimum atomic E-state index is -0.508. The molecule has 21 heavy (non-hydrogen) atoms. The van der Waals surface area contributed by atoms with Crippen LogP contribution in [0.2, 0.25) is 0 Å². The third-order valence-electron chi connectivity index (χ3n) is 3.24. The Bertz CT molecular complexity index is 520. The zero-order valence-corrected chi connectivity index (χ0v) is 13.6. The minimum absolute atomic E-state index is 0.0435. The van der Waals surface area contributed by atoms with Crippen molar-refractivity contribution in [2.24, 2.45) is 0 Å². The van der Waals surface area contributed by atoms with Crippen molar-refractivity contribution in [2.75, 3.05) is 24.5 Å². The summed E-state index contributed by atoms with van der Waals surface area (Å²) in [6.45, 7) is 12.5. The molecule has 0 spiro atoms. The van der Waals surface area contributed by atoms with Crippen LogP contribution in [-0.4, -0.2) is 41.7 Å². The molecule has 0 radical (unpaired) electrons. The fraction of sp³-hybridized carbons (Fsp3) is 0.625. The van der Waals surface area contributed by atoms with Crippen molar-refractivity contribution in [3.05, 3.63) is 23.9 Å². The van der Waals surface area contributed by atoms with Crippen molar-refractivity contribution in [1.29, 1.82) is 0 Å². The number of esters is 1. The van der Waals surface area contributed by atoms with Gasteiger partial charge in [0.2, 0.25) is 0 Å². The second-order valence-electron chi connectivity index (χ2n) is 7.12. The summed E-state index contributed by atoms with van der Waals surface area (Å²) in [5.41, 5.74) is -0.105. The molecule has 0 bridgehead atoms. The SMILES string of the molecule is CC1(C)CN(c2cccc(C(=O)OC(C)(C)C)n2)CCN1. The van der Waals surface area contributed by atoms with E-state index in [4.69, 9.17) is 4.74 Å². The van der Waals surface area contributed by atoms with Gasteiger partial charge in [-0.15, -0.1) is 0 Å². The number of carbonyl (C=O) groups excluding carboxylic acids is 1. The average Bonchev–Trinajstić information content (AvgIpc) is 2.36. The topological polar surface area (TPSA) is 54.5 Å². The van der Waals surface area contributed by atoms with Crippen molar-refractivity contribution >= 4 is 11.8 Å². The van der Waals surface area contributed by atoms with Gasteiger partial charge in [-0.1, -0.05) is 6.07 Å². The molecule has 5 nitrogen and oxygen atoms in total. The van der Waals surface area contributed by atoms with Gasteiger partial charge in [0.15, 0.2) is 5.69 Å². The van der Waals surface area contributed by atoms with E-state index in [-0.39, 0.29) is 11.5 Å². The van der Waals surface area contributed by atoms with Gasteiger partial charge in [0, 0.05) is 25.2 Å². The molecule has 1 aromatic rings. The molecule has 1 saturated heterocycles. The molecule has 116 valence electrons. The number of pyridine rings is 1. The van der Waals surface area contributed by atoms with Gasteiger partial charge < -0.3 is 15.0 Å². The molecule has 1 aliphatic rings. The fourth-order valence-corrected chi connectivity index (χ4v) is 2.38. The number of nitrogens with one attached hydrogen (secondary N) is 1. The fourth-order valence-electron chi connectivity index (χ4n) is 2.38. The highest BCUT2D eigenvalue weighted by atomic mass is 16.6. The second-order valence-corrected chi connectivity index (χ2v) is 7.12. The summed E-state index contributed by atoms with van der Waals surface area (Å²) in [6, 6.07) is 5.50. The number of aromatic nitrogens is 1. The van der Waals surface area contributed by atoms with E-state index in [0.29, 0.717) is 5.69 Å². The van der Waals surface area contributed by atoms with Gasteiger partial charge >= 0.3 is 5.97 Å². The summed E-state index contributed by atoms with van der Waals surface area (Å²) in [6.07, 6.45) is 0. The Balaban J connectivity index is 2.16. The van der Waals surface area contributed by atoms with E-state index in [0.717, 1.165) is 25.5 Å². The average molecular weight is 291 g/mol. The highest BCUT2D eigenvalue weighted by molar-refractivity contribution is 5.88. The molecule has 2 heterocycles. The molecule has 5 heteroatoms. The zero-order chi connectivity index (χ0) is 15.7. The standard InChI is InChI=1S/C16H25N3O2/c1-15(2,3)21-14(20)12-7-6-8-13(18-12)19-10-9-17-16(4,5)11-19/h6-8,17H,9-11H2,1-5H3. The van der Waals surface area contributed by atoms with Crippen molar-refractivity contribution < 1.29 is 9.53 Å². The molecule has 0 amide bonds. The van der Waals surface area contributed by atoms with E-state index in [1.54, 1.807) is 6.07 Å². The van der Waals surface area contributed by atoms with E-state index >= 15 is 0 Å². The summed E-state index contributed by atoms with van der Waals surface area (Å²) in [4.78, 5) is 18.8. The molecular weight excluding hydrogens is 266 g/mol. The van der Waals surface area contributed by atoms with Gasteiger partial charge in [0.25, 0.3) is 0 Å². The summed E-state index contributed by atoms with van der Waals surface area (Å²) < 4.78 is 5.37. The predicted molar refractivity (Wildman–Crippen MR) is 83.7 cm³/mol. The molecular formula is C16H25N3O2. The van der Waals surface area contributed by atoms with Gasteiger partial charge in [-0.2, -0.15) is 0 Å². The number of nitrogens with zero attached hydrogens (tertiary/aromatic N) is 2. The summed E-state index contributed by atoms with van der Waals surface area (Å²) in [5, 5.41) is 3.47. The molecule has 1 aliphatic heterocycles. The molecule has 1 N–H and O–H groups in total. The quantitative estimate of drug-likeness (QED) is 0.847. The van der Waals surface area contributed by atoms with E-state index < -0.39 is 5.60 Å². The van der Waals surface area contributed by atoms with Crippen LogP contribution in [0, 0.1) is 0 Å². The maximum atomic E-state index is 12.1. The number of rotatable bonds is 2. The van der Waals surface area contributed by atoms with Gasteiger partial charge in [-0.25, -0.2) is 9.78 Å². The molecule has 1 fully saturated rings. The summed E-state index contributed by atoms with van der Waals surface area (Å²) >= 11 is 0. The first-order valence-electron chi connectivity index (χ1n) is 7.37. The Morgan fingerprint density at radius 2 is 2.10 bits per heavy atom. The molecule has 0 aromatic carbocycles. The van der Waals surface area contributed by atoms with Gasteiger partial charge in [-0.3, -0.25) is 0 Å². The number of anilines is 1. The Labute approximate surface area is 126 Å². The number of carbonyl (C=O) groups is 1. The van der Waals surface area contributed by atoms with Crippen molar-refractivity contribution in [1.82, 2.24) is 10.3 Å². The van der Waals surface area contributed by atoms with E-state index in [1.807, 2.05) is 32.9 Å². The second kappa shape index (κ2) is 5.64. The first-order valence-corrected chi connectivity index (χ1v) is 7.37. The summed E-state index contributed by atoms with van der Waals surface area (Å²) in [5.74, 6) is 0.451. The smallest absolute Gasteiger partial charge is 0.357 e. The first-order chi connectivity index (χ1) is 9.66. The van der Waals surface area contributed by atoms with Crippen LogP contribution in [0.25, 0.3) is 0 Å². The van der Waals surface area contributed by atoms with Crippen LogP contribution in [0.4, 0.5) is 5.82 Å².